The van der Waals surface area contributed by atoms with Crippen molar-refractivity contribution in [1.82, 2.24) is 9.97 Å². The van der Waals surface area contributed by atoms with E-state index >= 15 is 0 Å². The SMILES string of the molecule is Cc1cccc(Cl)c1Nc1nc[nH]c(=O)c1Cl. The molecule has 0 aliphatic heterocycles. The molecule has 1 aromatic heterocycles. The number of rotatable bonds is 2. The van der Waals surface area contributed by atoms with Gasteiger partial charge >= 0.3 is 0 Å². The second-order valence-electron chi connectivity index (χ2n) is 3.45. The Labute approximate surface area is 108 Å². The zero-order valence-corrected chi connectivity index (χ0v) is 10.4. The van der Waals surface area contributed by atoms with Crippen LogP contribution < -0.4 is 10.9 Å². The zero-order valence-electron chi connectivity index (χ0n) is 8.92. The van der Waals surface area contributed by atoms with Crippen molar-refractivity contribution < 1.29 is 0 Å². The summed E-state index contributed by atoms with van der Waals surface area (Å²) in [5.74, 6) is 0.284. The van der Waals surface area contributed by atoms with Crippen LogP contribution in [0.2, 0.25) is 10.0 Å². The van der Waals surface area contributed by atoms with Crippen LogP contribution in [0.15, 0.2) is 29.3 Å². The van der Waals surface area contributed by atoms with E-state index in [2.05, 4.69) is 15.3 Å². The molecule has 0 unspecified atom stereocenters. The van der Waals surface area contributed by atoms with Crippen LogP contribution in [0.1, 0.15) is 5.56 Å². The molecule has 2 rings (SSSR count). The number of halogens is 2. The van der Waals surface area contributed by atoms with Crippen molar-refractivity contribution in [2.75, 3.05) is 5.32 Å². The third-order valence-electron chi connectivity index (χ3n) is 2.26. The van der Waals surface area contributed by atoms with Crippen molar-refractivity contribution in [3.63, 3.8) is 0 Å². The lowest BCUT2D eigenvalue weighted by Crippen LogP contribution is -2.10. The molecule has 4 nitrogen and oxygen atoms in total. The summed E-state index contributed by atoms with van der Waals surface area (Å²) in [6.07, 6.45) is 1.28. The van der Waals surface area contributed by atoms with E-state index in [0.29, 0.717) is 10.7 Å². The molecule has 0 saturated heterocycles. The van der Waals surface area contributed by atoms with E-state index in [1.165, 1.54) is 6.33 Å². The summed E-state index contributed by atoms with van der Waals surface area (Å²) in [7, 11) is 0. The monoisotopic (exact) mass is 269 g/mol. The number of nitrogens with one attached hydrogen (secondary N) is 2. The molecule has 0 fully saturated rings. The lowest BCUT2D eigenvalue weighted by molar-refractivity contribution is 1.12. The molecule has 0 aliphatic carbocycles. The largest absolute Gasteiger partial charge is 0.337 e. The number of hydrogen-bond donors (Lipinski definition) is 2. The fourth-order valence-electron chi connectivity index (χ4n) is 1.38. The Kier molecular flexibility index (Phi) is 3.36. The molecule has 0 atom stereocenters. The Morgan fingerprint density at radius 3 is 2.82 bits per heavy atom. The second-order valence-corrected chi connectivity index (χ2v) is 4.24. The van der Waals surface area contributed by atoms with Crippen LogP contribution in [-0.2, 0) is 0 Å². The minimum atomic E-state index is -0.395. The molecule has 88 valence electrons. The van der Waals surface area contributed by atoms with Crippen molar-refractivity contribution >= 4 is 34.7 Å². The number of para-hydroxylation sites is 1. The molecule has 2 aromatic rings. The van der Waals surface area contributed by atoms with E-state index < -0.39 is 5.56 Å². The average molecular weight is 270 g/mol. The van der Waals surface area contributed by atoms with E-state index in [1.54, 1.807) is 6.07 Å². The van der Waals surface area contributed by atoms with Gasteiger partial charge in [0.25, 0.3) is 5.56 Å². The Morgan fingerprint density at radius 2 is 2.12 bits per heavy atom. The number of nitrogens with zero attached hydrogens (tertiary/aromatic N) is 1. The molecule has 0 aliphatic rings. The first-order valence-corrected chi connectivity index (χ1v) is 5.60. The van der Waals surface area contributed by atoms with Crippen molar-refractivity contribution in [3.8, 4) is 0 Å². The van der Waals surface area contributed by atoms with Crippen molar-refractivity contribution in [3.05, 3.63) is 50.5 Å². The fraction of sp³-hybridized carbons (Fsp3) is 0.0909. The number of H-pyrrole nitrogens is 1. The van der Waals surface area contributed by atoms with E-state index in [9.17, 15) is 4.79 Å². The van der Waals surface area contributed by atoms with Crippen LogP contribution in [0, 0.1) is 6.92 Å². The lowest BCUT2D eigenvalue weighted by atomic mass is 10.2. The quantitative estimate of drug-likeness (QED) is 0.881. The molecular weight excluding hydrogens is 261 g/mol. The normalized spacial score (nSPS) is 10.3. The standard InChI is InChI=1S/C11H9Cl2N3O/c1-6-3-2-4-7(12)9(6)16-10-8(13)11(17)15-5-14-10/h2-5H,1H3,(H2,14,15,16,17). The van der Waals surface area contributed by atoms with Gasteiger partial charge in [0.15, 0.2) is 5.82 Å². The summed E-state index contributed by atoms with van der Waals surface area (Å²) < 4.78 is 0. The van der Waals surface area contributed by atoms with Crippen LogP contribution in [0.25, 0.3) is 0 Å². The predicted molar refractivity (Wildman–Crippen MR) is 69.3 cm³/mol. The van der Waals surface area contributed by atoms with Crippen LogP contribution in [0.5, 0.6) is 0 Å². The van der Waals surface area contributed by atoms with Gasteiger partial charge in [0.1, 0.15) is 5.02 Å². The smallest absolute Gasteiger partial charge is 0.271 e. The first-order chi connectivity index (χ1) is 8.09. The highest BCUT2D eigenvalue weighted by Gasteiger charge is 2.09. The average Bonchev–Trinajstić information content (AvgIpc) is 2.29. The molecular formula is C11H9Cl2N3O. The third kappa shape index (κ3) is 2.43. The van der Waals surface area contributed by atoms with Crippen LogP contribution >= 0.6 is 23.2 Å². The van der Waals surface area contributed by atoms with Gasteiger partial charge in [-0.1, -0.05) is 35.3 Å². The van der Waals surface area contributed by atoms with Gasteiger partial charge < -0.3 is 10.3 Å². The summed E-state index contributed by atoms with van der Waals surface area (Å²) in [6, 6.07) is 5.49. The maximum absolute atomic E-state index is 11.3. The summed E-state index contributed by atoms with van der Waals surface area (Å²) in [5.41, 5.74) is 1.23. The minimum absolute atomic E-state index is 0.00631. The first-order valence-electron chi connectivity index (χ1n) is 4.85. The van der Waals surface area contributed by atoms with Crippen LogP contribution in [0.4, 0.5) is 11.5 Å². The molecule has 0 spiro atoms. The van der Waals surface area contributed by atoms with Crippen molar-refractivity contribution in [1.29, 1.82) is 0 Å². The van der Waals surface area contributed by atoms with Gasteiger partial charge in [-0.2, -0.15) is 0 Å². The molecule has 1 aromatic carbocycles. The molecule has 0 radical (unpaired) electrons. The molecule has 2 N–H and O–H groups in total. The highest BCUT2D eigenvalue weighted by Crippen LogP contribution is 2.29. The van der Waals surface area contributed by atoms with E-state index in [-0.39, 0.29) is 10.8 Å². The molecule has 17 heavy (non-hydrogen) atoms. The molecule has 0 saturated carbocycles. The maximum atomic E-state index is 11.3. The molecule has 0 amide bonds. The van der Waals surface area contributed by atoms with Crippen molar-refractivity contribution in [2.24, 2.45) is 0 Å². The summed E-state index contributed by atoms with van der Waals surface area (Å²) in [5, 5.41) is 3.51. The topological polar surface area (TPSA) is 57.8 Å². The number of aryl methyl sites for hydroxylation is 1. The lowest BCUT2D eigenvalue weighted by Gasteiger charge is -2.10. The third-order valence-corrected chi connectivity index (χ3v) is 2.93. The summed E-state index contributed by atoms with van der Waals surface area (Å²) in [6.45, 7) is 1.90. The van der Waals surface area contributed by atoms with E-state index in [1.807, 2.05) is 19.1 Å². The Morgan fingerprint density at radius 1 is 1.35 bits per heavy atom. The van der Waals surface area contributed by atoms with Gasteiger partial charge in [-0.05, 0) is 18.6 Å². The number of hydrogen-bond acceptors (Lipinski definition) is 3. The van der Waals surface area contributed by atoms with E-state index in [0.717, 1.165) is 5.56 Å². The number of aromatic amines is 1. The fourth-order valence-corrected chi connectivity index (χ4v) is 1.80. The second kappa shape index (κ2) is 4.77. The Bertz CT molecular complexity index is 590. The molecule has 6 heteroatoms. The van der Waals surface area contributed by atoms with Gasteiger partial charge in [-0.15, -0.1) is 0 Å². The Balaban J connectivity index is 2.45. The van der Waals surface area contributed by atoms with Gasteiger partial charge in [-0.3, -0.25) is 4.79 Å². The number of aromatic nitrogens is 2. The van der Waals surface area contributed by atoms with Gasteiger partial charge in [-0.25, -0.2) is 4.98 Å². The van der Waals surface area contributed by atoms with Crippen LogP contribution in [-0.4, -0.2) is 9.97 Å². The van der Waals surface area contributed by atoms with Crippen LogP contribution in [0.3, 0.4) is 0 Å². The minimum Gasteiger partial charge on any atom is -0.337 e. The number of benzene rings is 1. The van der Waals surface area contributed by atoms with Gasteiger partial charge in [0.2, 0.25) is 0 Å². The summed E-state index contributed by atoms with van der Waals surface area (Å²) >= 11 is 11.9. The van der Waals surface area contributed by atoms with E-state index in [4.69, 9.17) is 23.2 Å². The number of anilines is 2. The maximum Gasteiger partial charge on any atom is 0.271 e. The molecule has 1 heterocycles. The zero-order chi connectivity index (χ0) is 12.4. The predicted octanol–water partition coefficient (Wildman–Crippen LogP) is 3.13. The summed E-state index contributed by atoms with van der Waals surface area (Å²) in [4.78, 5) is 17.6. The van der Waals surface area contributed by atoms with Gasteiger partial charge in [0, 0.05) is 0 Å². The van der Waals surface area contributed by atoms with Gasteiger partial charge in [0.05, 0.1) is 17.0 Å². The highest BCUT2D eigenvalue weighted by molar-refractivity contribution is 6.34. The highest BCUT2D eigenvalue weighted by atomic mass is 35.5. The first kappa shape index (κ1) is 12.0. The van der Waals surface area contributed by atoms with Crippen molar-refractivity contribution in [2.45, 2.75) is 6.92 Å². The molecule has 0 bridgehead atoms. The Hall–Kier alpha value is -1.52.